The first-order valence-corrected chi connectivity index (χ1v) is 3.29. The van der Waals surface area contributed by atoms with Gasteiger partial charge in [-0.05, 0) is 12.3 Å². The molecular formula is C8H12. The van der Waals surface area contributed by atoms with Crippen LogP contribution in [0.15, 0.2) is 0 Å². The summed E-state index contributed by atoms with van der Waals surface area (Å²) >= 11 is 0. The smallest absolute Gasteiger partial charge is 0.0234 e. The van der Waals surface area contributed by atoms with Crippen LogP contribution in [0.3, 0.4) is 0 Å². The van der Waals surface area contributed by atoms with Crippen LogP contribution in [-0.4, -0.2) is 0 Å². The van der Waals surface area contributed by atoms with Gasteiger partial charge in [-0.2, -0.15) is 0 Å². The van der Waals surface area contributed by atoms with Crippen molar-refractivity contribution in [3.8, 4) is 11.8 Å². The van der Waals surface area contributed by atoms with E-state index in [1.165, 1.54) is 6.42 Å². The van der Waals surface area contributed by atoms with Crippen LogP contribution in [0.25, 0.3) is 0 Å². The summed E-state index contributed by atoms with van der Waals surface area (Å²) in [6.45, 7) is 4.48. The van der Waals surface area contributed by atoms with E-state index in [9.17, 15) is 0 Å². The first-order chi connectivity index (χ1) is 3.80. The molecule has 0 aromatic carbocycles. The van der Waals surface area contributed by atoms with Gasteiger partial charge in [-0.3, -0.25) is 0 Å². The van der Waals surface area contributed by atoms with Crippen LogP contribution >= 0.6 is 0 Å². The van der Waals surface area contributed by atoms with E-state index in [4.69, 9.17) is 0 Å². The minimum absolute atomic E-state index is 0.704. The number of rotatable bonds is 1. The zero-order valence-electron chi connectivity index (χ0n) is 5.57. The molecule has 1 aliphatic rings. The molecule has 0 aliphatic heterocycles. The predicted octanol–water partition coefficient (Wildman–Crippen LogP) is 2.06. The second-order valence-corrected chi connectivity index (χ2v) is 2.71. The highest BCUT2D eigenvalue weighted by atomic mass is 14.1. The van der Waals surface area contributed by atoms with Crippen molar-refractivity contribution < 1.29 is 0 Å². The third-order valence-electron chi connectivity index (χ3n) is 1.67. The van der Waals surface area contributed by atoms with Gasteiger partial charge in [-0.1, -0.05) is 19.8 Å². The van der Waals surface area contributed by atoms with Crippen LogP contribution in [0.4, 0.5) is 0 Å². The van der Waals surface area contributed by atoms with Gasteiger partial charge in [0.1, 0.15) is 0 Å². The fourth-order valence-electron chi connectivity index (χ4n) is 1.00. The molecule has 8 heavy (non-hydrogen) atoms. The molecular weight excluding hydrogens is 96.1 g/mol. The number of hydrogen-bond donors (Lipinski definition) is 0. The van der Waals surface area contributed by atoms with Crippen molar-refractivity contribution in [2.45, 2.75) is 26.7 Å². The zero-order chi connectivity index (χ0) is 5.98. The Bertz CT molecular complexity index is 123. The van der Waals surface area contributed by atoms with Crippen LogP contribution in [0.2, 0.25) is 0 Å². The molecule has 0 nitrogen and oxygen atoms in total. The third kappa shape index (κ3) is 1.04. The van der Waals surface area contributed by atoms with Gasteiger partial charge in [0, 0.05) is 12.3 Å². The maximum absolute atomic E-state index is 3.21. The molecule has 44 valence electrons. The highest BCUT2D eigenvalue weighted by molar-refractivity contribution is 5.10. The van der Waals surface area contributed by atoms with Gasteiger partial charge in [0.05, 0.1) is 0 Å². The van der Waals surface area contributed by atoms with E-state index in [0.29, 0.717) is 5.92 Å². The maximum atomic E-state index is 3.21. The van der Waals surface area contributed by atoms with Crippen molar-refractivity contribution >= 4 is 0 Å². The lowest BCUT2D eigenvalue weighted by Gasteiger charge is -2.07. The largest absolute Gasteiger partial charge is 0.103 e. The third-order valence-corrected chi connectivity index (χ3v) is 1.67. The summed E-state index contributed by atoms with van der Waals surface area (Å²) in [7, 11) is 0. The lowest BCUT2D eigenvalue weighted by atomic mass is 9.96. The van der Waals surface area contributed by atoms with Crippen LogP contribution in [0.5, 0.6) is 0 Å². The van der Waals surface area contributed by atoms with E-state index >= 15 is 0 Å². The Balaban J connectivity index is 2.40. The van der Waals surface area contributed by atoms with E-state index in [2.05, 4.69) is 25.7 Å². The Labute approximate surface area is 51.3 Å². The van der Waals surface area contributed by atoms with Gasteiger partial charge in [0.15, 0.2) is 0 Å². The predicted molar refractivity (Wildman–Crippen MR) is 35.3 cm³/mol. The fourth-order valence-corrected chi connectivity index (χ4v) is 1.00. The molecule has 1 rings (SSSR count). The van der Waals surface area contributed by atoms with Crippen molar-refractivity contribution in [3.05, 3.63) is 0 Å². The highest BCUT2D eigenvalue weighted by Crippen LogP contribution is 2.19. The van der Waals surface area contributed by atoms with Crippen molar-refractivity contribution in [1.29, 1.82) is 0 Å². The Morgan fingerprint density at radius 1 is 1.50 bits per heavy atom. The average Bonchev–Trinajstić information content (AvgIpc) is 2.12. The van der Waals surface area contributed by atoms with Crippen molar-refractivity contribution in [2.75, 3.05) is 0 Å². The lowest BCUT2D eigenvalue weighted by Crippen LogP contribution is -2.01. The molecule has 0 saturated heterocycles. The van der Waals surface area contributed by atoms with Crippen LogP contribution in [-0.2, 0) is 0 Å². The molecule has 0 N–H and O–H groups in total. The minimum Gasteiger partial charge on any atom is -0.103 e. The quantitative estimate of drug-likeness (QED) is 0.451. The van der Waals surface area contributed by atoms with Gasteiger partial charge < -0.3 is 0 Å². The standard InChI is InChI=1S/C8H12/c1-7(2)8-5-3-4-6-8/h7-8H,3,5H2,1-2H3. The summed E-state index contributed by atoms with van der Waals surface area (Å²) < 4.78 is 0. The van der Waals surface area contributed by atoms with Crippen molar-refractivity contribution in [3.63, 3.8) is 0 Å². The SMILES string of the molecule is CC(C)C1C#CCC1. The molecule has 0 bridgehead atoms. The summed E-state index contributed by atoms with van der Waals surface area (Å²) in [5, 5.41) is 0. The van der Waals surface area contributed by atoms with E-state index in [-0.39, 0.29) is 0 Å². The van der Waals surface area contributed by atoms with Crippen LogP contribution < -0.4 is 0 Å². The highest BCUT2D eigenvalue weighted by Gasteiger charge is 2.11. The molecule has 0 amide bonds. The molecule has 0 radical (unpaired) electrons. The van der Waals surface area contributed by atoms with Crippen LogP contribution in [0.1, 0.15) is 26.7 Å². The topological polar surface area (TPSA) is 0 Å². The summed E-state index contributed by atoms with van der Waals surface area (Å²) in [6.07, 6.45) is 2.40. The first kappa shape index (κ1) is 5.69. The zero-order valence-corrected chi connectivity index (χ0v) is 5.57. The summed E-state index contributed by atoms with van der Waals surface area (Å²) in [6, 6.07) is 0. The van der Waals surface area contributed by atoms with E-state index in [1.807, 2.05) is 0 Å². The summed E-state index contributed by atoms with van der Waals surface area (Å²) in [5.74, 6) is 7.78. The summed E-state index contributed by atoms with van der Waals surface area (Å²) in [5.41, 5.74) is 0. The van der Waals surface area contributed by atoms with E-state index in [1.54, 1.807) is 0 Å². The van der Waals surface area contributed by atoms with Crippen molar-refractivity contribution in [2.24, 2.45) is 11.8 Å². The Kier molecular flexibility index (Phi) is 1.58. The Hall–Kier alpha value is -0.440. The molecule has 0 fully saturated rings. The van der Waals surface area contributed by atoms with Gasteiger partial charge in [0.25, 0.3) is 0 Å². The summed E-state index contributed by atoms with van der Waals surface area (Å²) in [4.78, 5) is 0. The molecule has 0 spiro atoms. The van der Waals surface area contributed by atoms with Crippen LogP contribution in [0, 0.1) is 23.7 Å². The second-order valence-electron chi connectivity index (χ2n) is 2.71. The van der Waals surface area contributed by atoms with Gasteiger partial charge >= 0.3 is 0 Å². The molecule has 1 atom stereocenters. The van der Waals surface area contributed by atoms with E-state index < -0.39 is 0 Å². The van der Waals surface area contributed by atoms with Gasteiger partial charge in [-0.15, -0.1) is 5.92 Å². The molecule has 1 unspecified atom stereocenters. The average molecular weight is 108 g/mol. The molecule has 0 aromatic rings. The van der Waals surface area contributed by atoms with Gasteiger partial charge in [0.2, 0.25) is 0 Å². The first-order valence-electron chi connectivity index (χ1n) is 3.29. The Morgan fingerprint density at radius 2 is 2.25 bits per heavy atom. The molecule has 1 aliphatic carbocycles. The number of hydrogen-bond acceptors (Lipinski definition) is 0. The fraction of sp³-hybridized carbons (Fsp3) is 0.750. The molecule has 0 heteroatoms. The van der Waals surface area contributed by atoms with Crippen molar-refractivity contribution in [1.82, 2.24) is 0 Å². The van der Waals surface area contributed by atoms with E-state index in [0.717, 1.165) is 12.3 Å². The second kappa shape index (κ2) is 2.22. The molecule has 0 aromatic heterocycles. The maximum Gasteiger partial charge on any atom is 0.0234 e. The minimum atomic E-state index is 0.704. The molecule has 0 saturated carbocycles. The lowest BCUT2D eigenvalue weighted by molar-refractivity contribution is 0.469. The monoisotopic (exact) mass is 108 g/mol. The molecule has 0 heterocycles. The van der Waals surface area contributed by atoms with Gasteiger partial charge in [-0.25, -0.2) is 0 Å². The Morgan fingerprint density at radius 3 is 2.50 bits per heavy atom. The normalized spacial score (nSPS) is 25.6.